The SMILES string of the molecule is CC(C)n1cnc(C(=O)NC[C@@H](CO)Cc2ccc(F)c(F)c2)c1. The minimum atomic E-state index is -0.924. The van der Waals surface area contributed by atoms with E-state index in [2.05, 4.69) is 10.3 Å². The van der Waals surface area contributed by atoms with E-state index < -0.39 is 11.6 Å². The molecule has 1 amide bonds. The minimum Gasteiger partial charge on any atom is -0.396 e. The van der Waals surface area contributed by atoms with Crippen LogP contribution in [0.15, 0.2) is 30.7 Å². The Bertz CT molecular complexity index is 701. The Hall–Kier alpha value is -2.28. The second-order valence-corrected chi connectivity index (χ2v) is 6.01. The molecule has 2 aromatic rings. The average Bonchev–Trinajstić information content (AvgIpc) is 3.04. The quantitative estimate of drug-likeness (QED) is 0.815. The molecule has 0 aliphatic heterocycles. The summed E-state index contributed by atoms with van der Waals surface area (Å²) in [6, 6.07) is 3.82. The molecular weight excluding hydrogens is 316 g/mol. The molecule has 0 saturated carbocycles. The molecule has 7 heteroatoms. The molecule has 0 aliphatic carbocycles. The standard InChI is InChI=1S/C17H21F2N3O2/c1-11(2)22-8-16(21-10-22)17(24)20-7-13(9-23)5-12-3-4-14(18)15(19)6-12/h3-4,6,8,10-11,13,23H,5,7,9H2,1-2H3,(H,20,24)/t13-/m0/s1. The van der Waals surface area contributed by atoms with E-state index in [1.807, 2.05) is 18.4 Å². The number of imidazole rings is 1. The number of nitrogens with zero attached hydrogens (tertiary/aromatic N) is 2. The van der Waals surface area contributed by atoms with Crippen LogP contribution in [0.4, 0.5) is 8.78 Å². The Balaban J connectivity index is 1.92. The fourth-order valence-corrected chi connectivity index (χ4v) is 2.27. The summed E-state index contributed by atoms with van der Waals surface area (Å²) < 4.78 is 28.0. The Morgan fingerprint density at radius 1 is 1.33 bits per heavy atom. The molecule has 0 bridgehead atoms. The van der Waals surface area contributed by atoms with Gasteiger partial charge in [-0.25, -0.2) is 13.8 Å². The Kier molecular flexibility index (Phi) is 6.03. The average molecular weight is 337 g/mol. The van der Waals surface area contributed by atoms with E-state index >= 15 is 0 Å². The summed E-state index contributed by atoms with van der Waals surface area (Å²) >= 11 is 0. The first-order valence-electron chi connectivity index (χ1n) is 7.77. The Morgan fingerprint density at radius 3 is 2.67 bits per heavy atom. The first-order chi connectivity index (χ1) is 11.4. The van der Waals surface area contributed by atoms with Crippen molar-refractivity contribution in [3.63, 3.8) is 0 Å². The van der Waals surface area contributed by atoms with E-state index in [4.69, 9.17) is 0 Å². The minimum absolute atomic E-state index is 0.181. The van der Waals surface area contributed by atoms with Gasteiger partial charge in [0.1, 0.15) is 5.69 Å². The molecule has 1 aromatic heterocycles. The van der Waals surface area contributed by atoms with Gasteiger partial charge in [-0.2, -0.15) is 0 Å². The largest absolute Gasteiger partial charge is 0.396 e. The van der Waals surface area contributed by atoms with Crippen LogP contribution in [0.3, 0.4) is 0 Å². The summed E-state index contributed by atoms with van der Waals surface area (Å²) in [6.45, 7) is 3.99. The van der Waals surface area contributed by atoms with Crippen LogP contribution in [0.1, 0.15) is 35.9 Å². The topological polar surface area (TPSA) is 67.2 Å². The third-order valence-corrected chi connectivity index (χ3v) is 3.75. The molecule has 0 saturated heterocycles. The summed E-state index contributed by atoms with van der Waals surface area (Å²) in [7, 11) is 0. The van der Waals surface area contributed by atoms with Gasteiger partial charge in [0.05, 0.1) is 6.33 Å². The lowest BCUT2D eigenvalue weighted by Gasteiger charge is -2.15. The number of carbonyl (C=O) groups is 1. The maximum atomic E-state index is 13.2. The lowest BCUT2D eigenvalue weighted by Crippen LogP contribution is -2.32. The van der Waals surface area contributed by atoms with E-state index in [1.54, 1.807) is 12.5 Å². The molecule has 5 nitrogen and oxygen atoms in total. The number of carbonyl (C=O) groups excluding carboxylic acids is 1. The van der Waals surface area contributed by atoms with Gasteiger partial charge in [-0.1, -0.05) is 6.07 Å². The molecule has 0 radical (unpaired) electrons. The molecule has 0 fully saturated rings. The number of amides is 1. The molecule has 0 spiro atoms. The van der Waals surface area contributed by atoms with Crippen LogP contribution in [0.2, 0.25) is 0 Å². The predicted octanol–water partition coefficient (Wildman–Crippen LogP) is 2.32. The number of benzene rings is 1. The maximum absolute atomic E-state index is 13.2. The van der Waals surface area contributed by atoms with Crippen LogP contribution in [-0.4, -0.2) is 33.7 Å². The normalized spacial score (nSPS) is 12.4. The Morgan fingerprint density at radius 2 is 2.08 bits per heavy atom. The number of nitrogens with one attached hydrogen (secondary N) is 1. The lowest BCUT2D eigenvalue weighted by molar-refractivity contribution is 0.0935. The van der Waals surface area contributed by atoms with Crippen molar-refractivity contribution in [3.05, 3.63) is 53.6 Å². The molecule has 1 aromatic carbocycles. The summed E-state index contributed by atoms with van der Waals surface area (Å²) in [6.07, 6.45) is 3.57. The van der Waals surface area contributed by atoms with Crippen molar-refractivity contribution in [1.82, 2.24) is 14.9 Å². The number of aliphatic hydroxyl groups is 1. The highest BCUT2D eigenvalue weighted by molar-refractivity contribution is 5.92. The van der Waals surface area contributed by atoms with Crippen molar-refractivity contribution < 1.29 is 18.7 Å². The summed E-state index contributed by atoms with van der Waals surface area (Å²) in [5.74, 6) is -2.47. The van der Waals surface area contributed by atoms with E-state index in [0.29, 0.717) is 17.7 Å². The fourth-order valence-electron chi connectivity index (χ4n) is 2.27. The van der Waals surface area contributed by atoms with Crippen molar-refractivity contribution >= 4 is 5.91 Å². The maximum Gasteiger partial charge on any atom is 0.271 e. The molecule has 130 valence electrons. The zero-order valence-electron chi connectivity index (χ0n) is 13.7. The number of hydrogen-bond acceptors (Lipinski definition) is 3. The van der Waals surface area contributed by atoms with Gasteiger partial charge in [0.15, 0.2) is 11.6 Å². The smallest absolute Gasteiger partial charge is 0.271 e. The number of aliphatic hydroxyl groups excluding tert-OH is 1. The van der Waals surface area contributed by atoms with Crippen LogP contribution in [-0.2, 0) is 6.42 Å². The van der Waals surface area contributed by atoms with Gasteiger partial charge in [-0.3, -0.25) is 4.79 Å². The van der Waals surface area contributed by atoms with Crippen LogP contribution < -0.4 is 5.32 Å². The van der Waals surface area contributed by atoms with Crippen LogP contribution in [0.25, 0.3) is 0 Å². The zero-order chi connectivity index (χ0) is 17.7. The predicted molar refractivity (Wildman–Crippen MR) is 85.6 cm³/mol. The van der Waals surface area contributed by atoms with Crippen molar-refractivity contribution in [2.45, 2.75) is 26.3 Å². The van der Waals surface area contributed by atoms with Gasteiger partial charge in [-0.05, 0) is 38.0 Å². The molecule has 0 unspecified atom stereocenters. The monoisotopic (exact) mass is 337 g/mol. The van der Waals surface area contributed by atoms with Gasteiger partial charge >= 0.3 is 0 Å². The number of rotatable bonds is 7. The summed E-state index contributed by atoms with van der Waals surface area (Å²) in [5, 5.41) is 12.1. The fraction of sp³-hybridized carbons (Fsp3) is 0.412. The third kappa shape index (κ3) is 4.61. The van der Waals surface area contributed by atoms with Crippen LogP contribution in [0, 0.1) is 17.6 Å². The van der Waals surface area contributed by atoms with Crippen LogP contribution in [0.5, 0.6) is 0 Å². The van der Waals surface area contributed by atoms with Crippen molar-refractivity contribution in [2.75, 3.05) is 13.2 Å². The molecule has 1 atom stereocenters. The van der Waals surface area contributed by atoms with Crippen molar-refractivity contribution in [3.8, 4) is 0 Å². The number of aromatic nitrogens is 2. The van der Waals surface area contributed by atoms with Gasteiger partial charge in [-0.15, -0.1) is 0 Å². The summed E-state index contributed by atoms with van der Waals surface area (Å²) in [5.41, 5.74) is 0.861. The van der Waals surface area contributed by atoms with Gasteiger partial charge in [0.25, 0.3) is 5.91 Å². The van der Waals surface area contributed by atoms with Gasteiger partial charge < -0.3 is 15.0 Å². The number of halogens is 2. The van der Waals surface area contributed by atoms with Crippen molar-refractivity contribution in [2.24, 2.45) is 5.92 Å². The van der Waals surface area contributed by atoms with Gasteiger partial charge in [0.2, 0.25) is 0 Å². The number of hydrogen-bond donors (Lipinski definition) is 2. The van der Waals surface area contributed by atoms with E-state index in [1.165, 1.54) is 6.07 Å². The first-order valence-corrected chi connectivity index (χ1v) is 7.77. The van der Waals surface area contributed by atoms with Crippen molar-refractivity contribution in [1.29, 1.82) is 0 Å². The van der Waals surface area contributed by atoms with E-state index in [-0.39, 0.29) is 31.0 Å². The summed E-state index contributed by atoms with van der Waals surface area (Å²) in [4.78, 5) is 16.1. The highest BCUT2D eigenvalue weighted by Gasteiger charge is 2.15. The molecule has 1 heterocycles. The second kappa shape index (κ2) is 8.01. The zero-order valence-corrected chi connectivity index (χ0v) is 13.7. The van der Waals surface area contributed by atoms with E-state index in [0.717, 1.165) is 12.1 Å². The molecule has 2 N–H and O–H groups in total. The lowest BCUT2D eigenvalue weighted by atomic mass is 10.00. The highest BCUT2D eigenvalue weighted by Crippen LogP contribution is 2.13. The van der Waals surface area contributed by atoms with Gasteiger partial charge in [0, 0.05) is 31.3 Å². The highest BCUT2D eigenvalue weighted by atomic mass is 19.2. The molecule has 24 heavy (non-hydrogen) atoms. The van der Waals surface area contributed by atoms with Crippen LogP contribution >= 0.6 is 0 Å². The third-order valence-electron chi connectivity index (χ3n) is 3.75. The van der Waals surface area contributed by atoms with E-state index in [9.17, 15) is 18.7 Å². The molecular formula is C17H21F2N3O2. The first kappa shape index (κ1) is 18.1. The molecule has 2 rings (SSSR count). The molecule has 0 aliphatic rings. The second-order valence-electron chi connectivity index (χ2n) is 6.01. The Labute approximate surface area is 139 Å².